The molecule has 2 aliphatic rings. The van der Waals surface area contributed by atoms with E-state index in [2.05, 4.69) is 23.6 Å². The molecular formula is C11H19NOS. The number of carbonyl (C=O) groups excluding carboxylic acids is 1. The number of Topliss-reactive ketones (excluding diaryl/α,β-unsaturated/α-hetero) is 1. The van der Waals surface area contributed by atoms with Crippen molar-refractivity contribution in [2.24, 2.45) is 0 Å². The summed E-state index contributed by atoms with van der Waals surface area (Å²) in [6.07, 6.45) is 3.86. The maximum atomic E-state index is 11.1. The summed E-state index contributed by atoms with van der Waals surface area (Å²) >= 11 is 2.08. The third-order valence-electron chi connectivity index (χ3n) is 3.30. The van der Waals surface area contributed by atoms with Gasteiger partial charge in [-0.25, -0.2) is 0 Å². The van der Waals surface area contributed by atoms with Gasteiger partial charge in [0.15, 0.2) is 0 Å². The standard InChI is InChI=1S/C11H19NOS/c1-9-8-12(6-7-14-9)10-2-4-11(13)5-3-10/h9-10H,2-8H2,1H3. The van der Waals surface area contributed by atoms with Crippen molar-refractivity contribution >= 4 is 17.5 Å². The fourth-order valence-electron chi connectivity index (χ4n) is 2.47. The Morgan fingerprint density at radius 2 is 2.07 bits per heavy atom. The Kier molecular flexibility index (Phi) is 3.50. The zero-order valence-electron chi connectivity index (χ0n) is 8.87. The van der Waals surface area contributed by atoms with E-state index in [1.807, 2.05) is 0 Å². The lowest BCUT2D eigenvalue weighted by Crippen LogP contribution is -2.45. The monoisotopic (exact) mass is 213 g/mol. The number of thioether (sulfide) groups is 1. The zero-order chi connectivity index (χ0) is 9.97. The van der Waals surface area contributed by atoms with Crippen LogP contribution in [0.1, 0.15) is 32.6 Å². The third kappa shape index (κ3) is 2.51. The molecule has 80 valence electrons. The molecule has 0 radical (unpaired) electrons. The molecule has 0 N–H and O–H groups in total. The van der Waals surface area contributed by atoms with Crippen LogP contribution in [0.2, 0.25) is 0 Å². The highest BCUT2D eigenvalue weighted by Crippen LogP contribution is 2.25. The van der Waals surface area contributed by atoms with Gasteiger partial charge in [0, 0.05) is 43.0 Å². The molecule has 0 aromatic rings. The van der Waals surface area contributed by atoms with Crippen LogP contribution in [0, 0.1) is 0 Å². The minimum Gasteiger partial charge on any atom is -0.300 e. The van der Waals surface area contributed by atoms with E-state index in [1.54, 1.807) is 0 Å². The maximum absolute atomic E-state index is 11.1. The van der Waals surface area contributed by atoms with Gasteiger partial charge in [0.1, 0.15) is 5.78 Å². The van der Waals surface area contributed by atoms with Crippen LogP contribution in [0.25, 0.3) is 0 Å². The first-order valence-electron chi connectivity index (χ1n) is 5.63. The van der Waals surface area contributed by atoms with Gasteiger partial charge in [-0.2, -0.15) is 11.8 Å². The van der Waals surface area contributed by atoms with Crippen molar-refractivity contribution in [1.29, 1.82) is 0 Å². The average molecular weight is 213 g/mol. The van der Waals surface area contributed by atoms with Gasteiger partial charge < -0.3 is 0 Å². The second-order valence-corrected chi connectivity index (χ2v) is 5.99. The minimum atomic E-state index is 0.473. The van der Waals surface area contributed by atoms with Gasteiger partial charge in [-0.3, -0.25) is 9.69 Å². The van der Waals surface area contributed by atoms with Gasteiger partial charge in [0.05, 0.1) is 0 Å². The quantitative estimate of drug-likeness (QED) is 0.664. The molecule has 1 saturated heterocycles. The first kappa shape index (κ1) is 10.5. The molecule has 3 heteroatoms. The summed E-state index contributed by atoms with van der Waals surface area (Å²) in [5.41, 5.74) is 0. The molecule has 0 amide bonds. The van der Waals surface area contributed by atoms with Gasteiger partial charge in [-0.05, 0) is 12.8 Å². The first-order chi connectivity index (χ1) is 6.75. The predicted molar refractivity (Wildman–Crippen MR) is 60.8 cm³/mol. The number of hydrogen-bond donors (Lipinski definition) is 0. The summed E-state index contributed by atoms with van der Waals surface area (Å²) in [7, 11) is 0. The second kappa shape index (κ2) is 4.67. The molecule has 0 aromatic carbocycles. The smallest absolute Gasteiger partial charge is 0.133 e. The molecule has 0 spiro atoms. The molecule has 1 heterocycles. The van der Waals surface area contributed by atoms with Crippen LogP contribution in [-0.2, 0) is 4.79 Å². The maximum Gasteiger partial charge on any atom is 0.133 e. The zero-order valence-corrected chi connectivity index (χ0v) is 9.68. The number of rotatable bonds is 1. The van der Waals surface area contributed by atoms with Gasteiger partial charge >= 0.3 is 0 Å². The van der Waals surface area contributed by atoms with Crippen LogP contribution in [0.3, 0.4) is 0 Å². The molecule has 14 heavy (non-hydrogen) atoms. The highest BCUT2D eigenvalue weighted by atomic mass is 32.2. The fraction of sp³-hybridized carbons (Fsp3) is 0.909. The van der Waals surface area contributed by atoms with Crippen molar-refractivity contribution in [3.05, 3.63) is 0 Å². The number of nitrogens with zero attached hydrogens (tertiary/aromatic N) is 1. The highest BCUT2D eigenvalue weighted by Gasteiger charge is 2.27. The number of carbonyl (C=O) groups is 1. The Hall–Kier alpha value is -0.0200. The number of hydrogen-bond acceptors (Lipinski definition) is 3. The lowest BCUT2D eigenvalue weighted by atomic mass is 9.93. The molecule has 1 atom stereocenters. The first-order valence-corrected chi connectivity index (χ1v) is 6.68. The van der Waals surface area contributed by atoms with Crippen molar-refractivity contribution in [2.45, 2.75) is 43.9 Å². The lowest BCUT2D eigenvalue weighted by molar-refractivity contribution is -0.121. The third-order valence-corrected chi connectivity index (χ3v) is 4.44. The Bertz CT molecular complexity index is 209. The van der Waals surface area contributed by atoms with Gasteiger partial charge in [-0.1, -0.05) is 6.92 Å². The van der Waals surface area contributed by atoms with Crippen molar-refractivity contribution in [3.63, 3.8) is 0 Å². The average Bonchev–Trinajstić information content (AvgIpc) is 2.19. The summed E-state index contributed by atoms with van der Waals surface area (Å²) in [5.74, 6) is 1.74. The molecule has 2 fully saturated rings. The van der Waals surface area contributed by atoms with E-state index in [0.29, 0.717) is 11.8 Å². The molecule has 1 saturated carbocycles. The molecule has 0 bridgehead atoms. The van der Waals surface area contributed by atoms with Crippen molar-refractivity contribution < 1.29 is 4.79 Å². The van der Waals surface area contributed by atoms with E-state index in [1.165, 1.54) is 18.8 Å². The Labute approximate surface area is 90.4 Å². The molecule has 1 aliphatic heterocycles. The summed E-state index contributed by atoms with van der Waals surface area (Å²) in [5, 5.41) is 0.779. The van der Waals surface area contributed by atoms with E-state index in [4.69, 9.17) is 0 Å². The fourth-order valence-corrected chi connectivity index (χ4v) is 3.51. The molecule has 1 aliphatic carbocycles. The lowest BCUT2D eigenvalue weighted by Gasteiger charge is -2.38. The molecule has 2 nitrogen and oxygen atoms in total. The Morgan fingerprint density at radius 3 is 2.71 bits per heavy atom. The summed E-state index contributed by atoms with van der Waals surface area (Å²) in [6, 6.07) is 0.705. The van der Waals surface area contributed by atoms with Gasteiger partial charge in [0.2, 0.25) is 0 Å². The topological polar surface area (TPSA) is 20.3 Å². The number of ketones is 1. The predicted octanol–water partition coefficient (Wildman–Crippen LogP) is 1.94. The van der Waals surface area contributed by atoms with Crippen LogP contribution >= 0.6 is 11.8 Å². The summed E-state index contributed by atoms with van der Waals surface area (Å²) in [6.45, 7) is 4.77. The van der Waals surface area contributed by atoms with Crippen molar-refractivity contribution in [3.8, 4) is 0 Å². The molecular weight excluding hydrogens is 194 g/mol. The van der Waals surface area contributed by atoms with Crippen molar-refractivity contribution in [1.82, 2.24) is 4.90 Å². The normalized spacial score (nSPS) is 32.1. The Morgan fingerprint density at radius 1 is 1.36 bits per heavy atom. The van der Waals surface area contributed by atoms with Crippen LogP contribution in [0.15, 0.2) is 0 Å². The van der Waals surface area contributed by atoms with E-state index in [0.717, 1.165) is 30.9 Å². The molecule has 1 unspecified atom stereocenters. The van der Waals surface area contributed by atoms with E-state index < -0.39 is 0 Å². The molecule has 0 aromatic heterocycles. The van der Waals surface area contributed by atoms with E-state index in [-0.39, 0.29) is 0 Å². The summed E-state index contributed by atoms with van der Waals surface area (Å²) in [4.78, 5) is 13.7. The summed E-state index contributed by atoms with van der Waals surface area (Å²) < 4.78 is 0. The van der Waals surface area contributed by atoms with Gasteiger partial charge in [-0.15, -0.1) is 0 Å². The van der Waals surface area contributed by atoms with Crippen LogP contribution in [-0.4, -0.2) is 40.8 Å². The SMILES string of the molecule is CC1CN(C2CCC(=O)CC2)CCS1. The van der Waals surface area contributed by atoms with Crippen LogP contribution in [0.4, 0.5) is 0 Å². The highest BCUT2D eigenvalue weighted by molar-refractivity contribution is 7.99. The van der Waals surface area contributed by atoms with Crippen molar-refractivity contribution in [2.75, 3.05) is 18.8 Å². The van der Waals surface area contributed by atoms with Crippen LogP contribution in [0.5, 0.6) is 0 Å². The second-order valence-electron chi connectivity index (χ2n) is 4.45. The van der Waals surface area contributed by atoms with E-state index >= 15 is 0 Å². The van der Waals surface area contributed by atoms with Crippen LogP contribution < -0.4 is 0 Å². The minimum absolute atomic E-state index is 0.473. The van der Waals surface area contributed by atoms with E-state index in [9.17, 15) is 4.79 Å². The van der Waals surface area contributed by atoms with Gasteiger partial charge in [0.25, 0.3) is 0 Å². The Balaban J connectivity index is 1.85. The molecule has 2 rings (SSSR count). The largest absolute Gasteiger partial charge is 0.300 e.